The molecule has 0 saturated heterocycles. The first-order valence-corrected chi connectivity index (χ1v) is 18.3. The molecule has 0 saturated carbocycles. The highest BCUT2D eigenvalue weighted by Gasteiger charge is 2.26. The van der Waals surface area contributed by atoms with Gasteiger partial charge < -0.3 is 0 Å². The van der Waals surface area contributed by atoms with Crippen LogP contribution in [0.4, 0.5) is 0 Å². The molecule has 238 valence electrons. The summed E-state index contributed by atoms with van der Waals surface area (Å²) in [6.45, 7) is 14.1. The average Bonchev–Trinajstić information content (AvgIpc) is 3.48. The lowest BCUT2D eigenvalue weighted by Crippen LogP contribution is -2.13. The van der Waals surface area contributed by atoms with Crippen LogP contribution in [0.1, 0.15) is 52.7 Å². The van der Waals surface area contributed by atoms with E-state index in [1.54, 1.807) is 0 Å². The second-order valence-electron chi connectivity index (χ2n) is 15.6. The molecule has 0 unspecified atom stereocenters. The molecule has 9 rings (SSSR count). The monoisotopic (exact) mass is 648 g/mol. The Hall–Kier alpha value is -4.98. The summed E-state index contributed by atoms with van der Waals surface area (Å²) < 4.78 is 2.68. The summed E-state index contributed by atoms with van der Waals surface area (Å²) in [5.41, 5.74) is 8.15. The lowest BCUT2D eigenvalue weighted by molar-refractivity contribution is 0.601. The second-order valence-corrected chi connectivity index (χ2v) is 16.7. The van der Waals surface area contributed by atoms with Gasteiger partial charge in [0.2, 0.25) is 0 Å². The summed E-state index contributed by atoms with van der Waals surface area (Å²) in [6.07, 6.45) is 0. The zero-order valence-electron chi connectivity index (χ0n) is 29.1. The molecule has 0 fully saturated rings. The number of fused-ring (bicyclic) bond motifs is 7. The Bertz CT molecular complexity index is 2660. The van der Waals surface area contributed by atoms with Crippen molar-refractivity contribution >= 4 is 74.6 Å². The number of hydrogen-bond donors (Lipinski definition) is 0. The predicted octanol–water partition coefficient (Wildman–Crippen LogP) is 14.6. The van der Waals surface area contributed by atoms with E-state index in [0.29, 0.717) is 0 Å². The van der Waals surface area contributed by atoms with Crippen LogP contribution in [0.25, 0.3) is 85.5 Å². The van der Waals surface area contributed by atoms with Crippen LogP contribution in [0.15, 0.2) is 133 Å². The molecule has 0 bridgehead atoms. The van der Waals surface area contributed by atoms with E-state index in [-0.39, 0.29) is 10.8 Å². The van der Waals surface area contributed by atoms with Gasteiger partial charge in [-0.15, -0.1) is 11.3 Å². The fourth-order valence-corrected chi connectivity index (χ4v) is 9.95. The van der Waals surface area contributed by atoms with Crippen molar-refractivity contribution in [3.63, 3.8) is 0 Å². The maximum absolute atomic E-state index is 2.36. The van der Waals surface area contributed by atoms with Crippen LogP contribution >= 0.6 is 11.3 Å². The average molecular weight is 649 g/mol. The lowest BCUT2D eigenvalue weighted by atomic mass is 9.77. The molecule has 9 aromatic rings. The van der Waals surface area contributed by atoms with Crippen molar-refractivity contribution in [1.29, 1.82) is 0 Å². The van der Waals surface area contributed by atoms with Crippen molar-refractivity contribution in [2.75, 3.05) is 0 Å². The quantitative estimate of drug-likeness (QED) is 0.164. The Morgan fingerprint density at radius 3 is 1.12 bits per heavy atom. The Morgan fingerprint density at radius 2 is 0.694 bits per heavy atom. The van der Waals surface area contributed by atoms with E-state index in [0.717, 1.165) is 0 Å². The van der Waals surface area contributed by atoms with Gasteiger partial charge in [0.1, 0.15) is 0 Å². The first-order chi connectivity index (χ1) is 23.6. The van der Waals surface area contributed by atoms with Crippen LogP contribution in [0, 0.1) is 0 Å². The molecule has 0 aliphatic rings. The predicted molar refractivity (Wildman–Crippen MR) is 218 cm³/mol. The summed E-state index contributed by atoms with van der Waals surface area (Å²) in [4.78, 5) is 0. The molecule has 49 heavy (non-hydrogen) atoms. The van der Waals surface area contributed by atoms with Gasteiger partial charge in [-0.2, -0.15) is 0 Å². The van der Waals surface area contributed by atoms with Crippen molar-refractivity contribution in [1.82, 2.24) is 0 Å². The van der Waals surface area contributed by atoms with Gasteiger partial charge in [-0.1, -0.05) is 169 Å². The van der Waals surface area contributed by atoms with Crippen LogP contribution in [-0.4, -0.2) is 0 Å². The minimum atomic E-state index is 0.00180. The fourth-order valence-electron chi connectivity index (χ4n) is 8.71. The zero-order chi connectivity index (χ0) is 33.7. The van der Waals surface area contributed by atoms with Gasteiger partial charge in [0, 0.05) is 25.7 Å². The molecule has 0 nitrogen and oxygen atoms in total. The van der Waals surface area contributed by atoms with Gasteiger partial charge in [0.25, 0.3) is 0 Å². The Balaban J connectivity index is 1.42. The Kier molecular flexibility index (Phi) is 6.61. The van der Waals surface area contributed by atoms with Crippen molar-refractivity contribution < 1.29 is 0 Å². The van der Waals surface area contributed by atoms with Crippen LogP contribution in [0.2, 0.25) is 0 Å². The van der Waals surface area contributed by atoms with Gasteiger partial charge in [-0.25, -0.2) is 0 Å². The van der Waals surface area contributed by atoms with E-state index >= 15 is 0 Å². The maximum atomic E-state index is 2.36. The number of benzene rings is 8. The van der Waals surface area contributed by atoms with Crippen molar-refractivity contribution in [2.45, 2.75) is 52.4 Å². The summed E-state index contributed by atoms with van der Waals surface area (Å²) in [7, 11) is 0. The van der Waals surface area contributed by atoms with Gasteiger partial charge >= 0.3 is 0 Å². The van der Waals surface area contributed by atoms with E-state index in [2.05, 4.69) is 175 Å². The third-order valence-electron chi connectivity index (χ3n) is 10.4. The van der Waals surface area contributed by atoms with E-state index < -0.39 is 0 Å². The molecular formula is C48H40S. The van der Waals surface area contributed by atoms with Crippen LogP contribution in [0.3, 0.4) is 0 Å². The highest BCUT2D eigenvalue weighted by Crippen LogP contribution is 2.51. The summed E-state index contributed by atoms with van der Waals surface area (Å²) in [5, 5.41) is 13.4. The van der Waals surface area contributed by atoms with Crippen molar-refractivity contribution in [3.8, 4) is 22.3 Å². The minimum absolute atomic E-state index is 0.00180. The zero-order valence-corrected chi connectivity index (χ0v) is 29.9. The molecule has 0 amide bonds. The highest BCUT2D eigenvalue weighted by molar-refractivity contribution is 7.26. The smallest absolute Gasteiger partial charge is 0.0434 e. The minimum Gasteiger partial charge on any atom is -0.135 e. The normalized spacial score (nSPS) is 12.7. The maximum Gasteiger partial charge on any atom is 0.0434 e. The molecule has 8 aromatic carbocycles. The molecule has 0 N–H and O–H groups in total. The van der Waals surface area contributed by atoms with Crippen molar-refractivity contribution in [2.24, 2.45) is 0 Å². The molecule has 0 aliphatic carbocycles. The molecule has 1 heterocycles. The number of thiophene rings is 1. The van der Waals surface area contributed by atoms with Crippen molar-refractivity contribution in [3.05, 3.63) is 145 Å². The largest absolute Gasteiger partial charge is 0.135 e. The summed E-state index contributed by atoms with van der Waals surface area (Å²) in [5.74, 6) is 0. The standard InChI is InChI=1S/C48H40S/c1-47(2,3)44-33-21-11-7-17-29(33)41(30-18-8-12-22-34(30)44)37-25-16-28-40-43(37)39-27-15-26-38(46(39)49-40)42-31-19-9-13-23-35(31)45(48(4,5)6)36-24-14-10-20-32(36)42/h7-28H,1-6H3. The third-order valence-corrected chi connectivity index (χ3v) is 11.6. The van der Waals surface area contributed by atoms with Crippen LogP contribution in [-0.2, 0) is 10.8 Å². The first-order valence-electron chi connectivity index (χ1n) is 17.5. The van der Waals surface area contributed by atoms with Gasteiger partial charge in [-0.3, -0.25) is 0 Å². The Morgan fingerprint density at radius 1 is 0.347 bits per heavy atom. The second kappa shape index (κ2) is 10.8. The summed E-state index contributed by atoms with van der Waals surface area (Å²) >= 11 is 1.94. The first kappa shape index (κ1) is 30.1. The molecule has 0 atom stereocenters. The Labute approximate surface area is 292 Å². The molecule has 0 aliphatic heterocycles. The van der Waals surface area contributed by atoms with E-state index in [9.17, 15) is 0 Å². The third kappa shape index (κ3) is 4.49. The molecule has 1 heteroatoms. The van der Waals surface area contributed by atoms with Crippen LogP contribution in [0.5, 0.6) is 0 Å². The van der Waals surface area contributed by atoms with E-state index in [1.165, 1.54) is 96.6 Å². The topological polar surface area (TPSA) is 0 Å². The van der Waals surface area contributed by atoms with Gasteiger partial charge in [0.05, 0.1) is 0 Å². The number of hydrogen-bond acceptors (Lipinski definition) is 1. The van der Waals surface area contributed by atoms with Crippen LogP contribution < -0.4 is 0 Å². The van der Waals surface area contributed by atoms with E-state index in [4.69, 9.17) is 0 Å². The van der Waals surface area contributed by atoms with E-state index in [1.807, 2.05) is 11.3 Å². The SMILES string of the molecule is CC(C)(C)c1c2ccccc2c(-c2cccc3c2sc2cccc(-c4c5ccccc5c(C(C)(C)C)c5ccccc45)c23)c2ccccc12. The molecule has 0 radical (unpaired) electrons. The van der Waals surface area contributed by atoms with Gasteiger partial charge in [0.15, 0.2) is 0 Å². The van der Waals surface area contributed by atoms with Gasteiger partial charge in [-0.05, 0) is 87.8 Å². The highest BCUT2D eigenvalue weighted by atomic mass is 32.1. The molecule has 1 aromatic heterocycles. The summed E-state index contributed by atoms with van der Waals surface area (Å²) in [6, 6.07) is 50.2. The molecular weight excluding hydrogens is 609 g/mol. The lowest BCUT2D eigenvalue weighted by Gasteiger charge is -2.26. The number of rotatable bonds is 2. The molecule has 0 spiro atoms. The fraction of sp³-hybridized carbons (Fsp3) is 0.167.